The molecular weight excluding hydrogens is 224 g/mol. The molecule has 0 spiro atoms. The molecular formula is C15H22N2O. The van der Waals surface area contributed by atoms with Gasteiger partial charge in [0.05, 0.1) is 0 Å². The van der Waals surface area contributed by atoms with Crippen LogP contribution in [0.1, 0.15) is 55.3 Å². The molecule has 0 radical (unpaired) electrons. The van der Waals surface area contributed by atoms with Crippen LogP contribution in [0.4, 0.5) is 5.69 Å². The van der Waals surface area contributed by atoms with Crippen LogP contribution in [0.5, 0.6) is 0 Å². The van der Waals surface area contributed by atoms with Gasteiger partial charge in [-0.25, -0.2) is 0 Å². The summed E-state index contributed by atoms with van der Waals surface area (Å²) < 4.78 is 0. The monoisotopic (exact) mass is 246 g/mol. The first-order valence-electron chi connectivity index (χ1n) is 6.92. The molecule has 1 aliphatic rings. The molecule has 1 amide bonds. The highest BCUT2D eigenvalue weighted by Gasteiger charge is 2.15. The maximum absolute atomic E-state index is 12.1. The first-order chi connectivity index (χ1) is 8.75. The minimum atomic E-state index is 0.00729. The Morgan fingerprint density at radius 3 is 2.44 bits per heavy atom. The number of amides is 1. The van der Waals surface area contributed by atoms with Crippen molar-refractivity contribution in [2.75, 3.05) is 5.73 Å². The molecule has 0 heterocycles. The molecule has 0 saturated heterocycles. The largest absolute Gasteiger partial charge is 0.399 e. The van der Waals surface area contributed by atoms with Gasteiger partial charge in [0.15, 0.2) is 0 Å². The Morgan fingerprint density at radius 1 is 1.11 bits per heavy atom. The molecule has 1 saturated carbocycles. The second-order valence-corrected chi connectivity index (χ2v) is 5.14. The zero-order valence-corrected chi connectivity index (χ0v) is 10.8. The minimum absolute atomic E-state index is 0.00729. The van der Waals surface area contributed by atoms with Crippen molar-refractivity contribution < 1.29 is 4.79 Å². The molecule has 98 valence electrons. The van der Waals surface area contributed by atoms with Gasteiger partial charge in [-0.15, -0.1) is 0 Å². The van der Waals surface area contributed by atoms with Crippen molar-refractivity contribution in [2.45, 2.75) is 51.0 Å². The molecule has 0 bridgehead atoms. The van der Waals surface area contributed by atoms with Gasteiger partial charge in [-0.1, -0.05) is 38.2 Å². The molecule has 0 aliphatic heterocycles. The van der Waals surface area contributed by atoms with E-state index in [1.54, 1.807) is 12.1 Å². The van der Waals surface area contributed by atoms with Crippen LogP contribution in [0, 0.1) is 0 Å². The van der Waals surface area contributed by atoms with Crippen molar-refractivity contribution in [3.05, 3.63) is 29.8 Å². The predicted octanol–water partition coefficient (Wildman–Crippen LogP) is 3.11. The number of rotatable bonds is 2. The lowest BCUT2D eigenvalue weighted by Crippen LogP contribution is -2.35. The number of nitrogens with one attached hydrogen (secondary N) is 1. The summed E-state index contributed by atoms with van der Waals surface area (Å²) in [5.74, 6) is 0.00729. The summed E-state index contributed by atoms with van der Waals surface area (Å²) in [7, 11) is 0. The fraction of sp³-hybridized carbons (Fsp3) is 0.533. The predicted molar refractivity (Wildman–Crippen MR) is 74.4 cm³/mol. The van der Waals surface area contributed by atoms with Gasteiger partial charge in [0.1, 0.15) is 0 Å². The lowest BCUT2D eigenvalue weighted by atomic mass is 9.96. The Morgan fingerprint density at radius 2 is 1.78 bits per heavy atom. The number of carbonyl (C=O) groups excluding carboxylic acids is 1. The maximum atomic E-state index is 12.1. The summed E-state index contributed by atoms with van der Waals surface area (Å²) in [4.78, 5) is 12.1. The van der Waals surface area contributed by atoms with E-state index >= 15 is 0 Å². The highest BCUT2D eigenvalue weighted by atomic mass is 16.1. The highest BCUT2D eigenvalue weighted by Crippen LogP contribution is 2.17. The van der Waals surface area contributed by atoms with Gasteiger partial charge < -0.3 is 11.1 Å². The van der Waals surface area contributed by atoms with Crippen LogP contribution in [-0.2, 0) is 0 Å². The minimum Gasteiger partial charge on any atom is -0.399 e. The Bertz CT molecular complexity index is 395. The maximum Gasteiger partial charge on any atom is 0.251 e. The van der Waals surface area contributed by atoms with Gasteiger partial charge in [-0.05, 0) is 31.0 Å². The number of benzene rings is 1. The molecule has 1 aromatic rings. The Labute approximate surface area is 109 Å². The van der Waals surface area contributed by atoms with E-state index in [9.17, 15) is 4.79 Å². The average molecular weight is 246 g/mol. The number of hydrogen-bond acceptors (Lipinski definition) is 2. The topological polar surface area (TPSA) is 55.1 Å². The van der Waals surface area contributed by atoms with Gasteiger partial charge in [-0.2, -0.15) is 0 Å². The van der Waals surface area contributed by atoms with Crippen LogP contribution < -0.4 is 11.1 Å². The average Bonchev–Trinajstić information content (AvgIpc) is 2.32. The molecule has 3 heteroatoms. The van der Waals surface area contributed by atoms with Crippen LogP contribution in [-0.4, -0.2) is 11.9 Å². The molecule has 3 N–H and O–H groups in total. The Hall–Kier alpha value is -1.51. The van der Waals surface area contributed by atoms with Gasteiger partial charge >= 0.3 is 0 Å². The summed E-state index contributed by atoms with van der Waals surface area (Å²) in [6.07, 6.45) is 8.59. The third-order valence-corrected chi connectivity index (χ3v) is 3.59. The highest BCUT2D eigenvalue weighted by molar-refractivity contribution is 5.95. The lowest BCUT2D eigenvalue weighted by molar-refractivity contribution is 0.0930. The molecule has 0 aromatic heterocycles. The number of anilines is 1. The SMILES string of the molecule is Nc1cccc(C(=O)NC2CCCCCCC2)c1. The summed E-state index contributed by atoms with van der Waals surface area (Å²) in [6, 6.07) is 7.50. The summed E-state index contributed by atoms with van der Waals surface area (Å²) in [6.45, 7) is 0. The van der Waals surface area contributed by atoms with Crippen molar-refractivity contribution >= 4 is 11.6 Å². The van der Waals surface area contributed by atoms with E-state index in [0.717, 1.165) is 12.8 Å². The molecule has 1 fully saturated rings. The fourth-order valence-electron chi connectivity index (χ4n) is 2.55. The normalized spacial score (nSPS) is 17.8. The Balaban J connectivity index is 1.93. The zero-order valence-electron chi connectivity index (χ0n) is 10.8. The lowest BCUT2D eigenvalue weighted by Gasteiger charge is -2.21. The summed E-state index contributed by atoms with van der Waals surface area (Å²) in [5.41, 5.74) is 7.00. The van der Waals surface area contributed by atoms with Crippen LogP contribution in [0.25, 0.3) is 0 Å². The number of nitrogens with two attached hydrogens (primary N) is 1. The zero-order chi connectivity index (χ0) is 12.8. The van der Waals surface area contributed by atoms with Crippen LogP contribution in [0.2, 0.25) is 0 Å². The van der Waals surface area contributed by atoms with Crippen molar-refractivity contribution in [3.63, 3.8) is 0 Å². The number of hydrogen-bond donors (Lipinski definition) is 2. The van der Waals surface area contributed by atoms with Crippen molar-refractivity contribution in [1.82, 2.24) is 5.32 Å². The van der Waals surface area contributed by atoms with E-state index in [2.05, 4.69) is 5.32 Å². The van der Waals surface area contributed by atoms with Crippen molar-refractivity contribution in [2.24, 2.45) is 0 Å². The number of carbonyl (C=O) groups is 1. The van der Waals surface area contributed by atoms with Crippen LogP contribution >= 0.6 is 0 Å². The van der Waals surface area contributed by atoms with E-state index in [4.69, 9.17) is 5.73 Å². The molecule has 3 nitrogen and oxygen atoms in total. The van der Waals surface area contributed by atoms with Gasteiger partial charge in [0.2, 0.25) is 0 Å². The second-order valence-electron chi connectivity index (χ2n) is 5.14. The molecule has 0 atom stereocenters. The molecule has 0 unspecified atom stereocenters. The first-order valence-corrected chi connectivity index (χ1v) is 6.92. The van der Waals surface area contributed by atoms with E-state index in [1.807, 2.05) is 12.1 Å². The van der Waals surface area contributed by atoms with Crippen molar-refractivity contribution in [3.8, 4) is 0 Å². The van der Waals surface area contributed by atoms with E-state index in [1.165, 1.54) is 32.1 Å². The molecule has 18 heavy (non-hydrogen) atoms. The molecule has 2 rings (SSSR count). The third kappa shape index (κ3) is 3.76. The number of nitrogen functional groups attached to an aromatic ring is 1. The van der Waals surface area contributed by atoms with E-state index < -0.39 is 0 Å². The Kier molecular flexibility index (Phi) is 4.62. The quantitative estimate of drug-likeness (QED) is 0.788. The van der Waals surface area contributed by atoms with Gasteiger partial charge in [0.25, 0.3) is 5.91 Å². The van der Waals surface area contributed by atoms with Crippen LogP contribution in [0.3, 0.4) is 0 Å². The molecule has 1 aliphatic carbocycles. The molecule has 1 aromatic carbocycles. The summed E-state index contributed by atoms with van der Waals surface area (Å²) >= 11 is 0. The van der Waals surface area contributed by atoms with Gasteiger partial charge in [-0.3, -0.25) is 4.79 Å². The van der Waals surface area contributed by atoms with Gasteiger partial charge in [0, 0.05) is 17.3 Å². The third-order valence-electron chi connectivity index (χ3n) is 3.59. The van der Waals surface area contributed by atoms with Crippen molar-refractivity contribution in [1.29, 1.82) is 0 Å². The van der Waals surface area contributed by atoms with E-state index in [0.29, 0.717) is 17.3 Å². The standard InChI is InChI=1S/C15H22N2O/c16-13-8-6-7-12(11-13)15(18)17-14-9-4-2-1-3-5-10-14/h6-8,11,14H,1-5,9-10,16H2,(H,17,18). The second kappa shape index (κ2) is 6.43. The fourth-order valence-corrected chi connectivity index (χ4v) is 2.55. The first kappa shape index (κ1) is 12.9. The smallest absolute Gasteiger partial charge is 0.251 e. The van der Waals surface area contributed by atoms with Crippen LogP contribution in [0.15, 0.2) is 24.3 Å². The summed E-state index contributed by atoms with van der Waals surface area (Å²) in [5, 5.41) is 3.14. The van der Waals surface area contributed by atoms with E-state index in [-0.39, 0.29) is 5.91 Å².